The van der Waals surface area contributed by atoms with Gasteiger partial charge in [0.05, 0.1) is 25.8 Å². The molecule has 1 N–H and O–H groups in total. The van der Waals surface area contributed by atoms with Crippen LogP contribution in [-0.4, -0.2) is 32.7 Å². The minimum absolute atomic E-state index is 0.173. The lowest BCUT2D eigenvalue weighted by molar-refractivity contribution is -0.124. The summed E-state index contributed by atoms with van der Waals surface area (Å²) in [7, 11) is 2.99. The molecule has 6 heteroatoms. The summed E-state index contributed by atoms with van der Waals surface area (Å²) < 4.78 is 15.3. The van der Waals surface area contributed by atoms with Crippen LogP contribution < -0.4 is 14.8 Å². The normalized spacial score (nSPS) is 11.3. The second-order valence-corrected chi connectivity index (χ2v) is 5.35. The average molecular weight is 343 g/mol. The maximum Gasteiger partial charge on any atom is 0.338 e. The molecule has 0 fully saturated rings. The lowest BCUT2D eigenvalue weighted by Gasteiger charge is -2.14. The predicted molar refractivity (Wildman–Crippen MR) is 92.8 cm³/mol. The highest BCUT2D eigenvalue weighted by Gasteiger charge is 2.15. The minimum atomic E-state index is -0.608. The predicted octanol–water partition coefficient (Wildman–Crippen LogP) is 2.74. The SMILES string of the molecule is COc1ccc(C(=O)OCC(=O)NC(C)c2ccccc2)cc1OC. The molecule has 1 amide bonds. The van der Waals surface area contributed by atoms with Crippen LogP contribution >= 0.6 is 0 Å². The first-order chi connectivity index (χ1) is 12.0. The molecule has 1 atom stereocenters. The summed E-state index contributed by atoms with van der Waals surface area (Å²) in [6.45, 7) is 1.51. The van der Waals surface area contributed by atoms with Crippen molar-refractivity contribution in [1.82, 2.24) is 5.32 Å². The Bertz CT molecular complexity index is 730. The molecule has 2 aromatic carbocycles. The molecule has 0 aliphatic carbocycles. The molecule has 0 aliphatic heterocycles. The van der Waals surface area contributed by atoms with E-state index < -0.39 is 5.97 Å². The van der Waals surface area contributed by atoms with Crippen molar-refractivity contribution in [3.63, 3.8) is 0 Å². The van der Waals surface area contributed by atoms with E-state index in [2.05, 4.69) is 5.32 Å². The fourth-order valence-corrected chi connectivity index (χ4v) is 2.29. The molecule has 2 rings (SSSR count). The van der Waals surface area contributed by atoms with E-state index in [1.807, 2.05) is 37.3 Å². The molecule has 0 heterocycles. The Labute approximate surface area is 146 Å². The smallest absolute Gasteiger partial charge is 0.338 e. The van der Waals surface area contributed by atoms with E-state index in [1.165, 1.54) is 20.3 Å². The van der Waals surface area contributed by atoms with E-state index in [1.54, 1.807) is 12.1 Å². The van der Waals surface area contributed by atoms with Crippen LogP contribution in [0.5, 0.6) is 11.5 Å². The van der Waals surface area contributed by atoms with Gasteiger partial charge in [0.1, 0.15) is 0 Å². The molecular weight excluding hydrogens is 322 g/mol. The first-order valence-electron chi connectivity index (χ1n) is 7.78. The van der Waals surface area contributed by atoms with E-state index in [-0.39, 0.29) is 24.1 Å². The fraction of sp³-hybridized carbons (Fsp3) is 0.263. The van der Waals surface area contributed by atoms with Gasteiger partial charge in [0.15, 0.2) is 18.1 Å². The molecule has 0 spiro atoms. The number of hydrogen-bond donors (Lipinski definition) is 1. The molecule has 25 heavy (non-hydrogen) atoms. The van der Waals surface area contributed by atoms with Crippen LogP contribution in [0.1, 0.15) is 28.9 Å². The molecule has 0 saturated heterocycles. The molecule has 0 aromatic heterocycles. The van der Waals surface area contributed by atoms with Gasteiger partial charge in [0.25, 0.3) is 5.91 Å². The Kier molecular flexibility index (Phi) is 6.39. The molecule has 0 saturated carbocycles. The number of methoxy groups -OCH3 is 2. The number of carbonyl (C=O) groups is 2. The quantitative estimate of drug-likeness (QED) is 0.783. The van der Waals surface area contributed by atoms with Gasteiger partial charge >= 0.3 is 5.97 Å². The van der Waals surface area contributed by atoms with Crippen molar-refractivity contribution < 1.29 is 23.8 Å². The summed E-state index contributed by atoms with van der Waals surface area (Å²) in [4.78, 5) is 24.0. The van der Waals surface area contributed by atoms with Crippen molar-refractivity contribution in [2.75, 3.05) is 20.8 Å². The molecule has 6 nitrogen and oxygen atoms in total. The van der Waals surface area contributed by atoms with E-state index in [4.69, 9.17) is 14.2 Å². The Morgan fingerprint density at radius 2 is 1.68 bits per heavy atom. The largest absolute Gasteiger partial charge is 0.493 e. The van der Waals surface area contributed by atoms with Crippen molar-refractivity contribution in [3.05, 3.63) is 59.7 Å². The summed E-state index contributed by atoms with van der Waals surface area (Å²) in [6.07, 6.45) is 0. The van der Waals surface area contributed by atoms with Crippen LogP contribution in [0, 0.1) is 0 Å². The molecule has 1 unspecified atom stereocenters. The highest BCUT2D eigenvalue weighted by molar-refractivity contribution is 5.92. The van der Waals surface area contributed by atoms with Crippen molar-refractivity contribution in [1.29, 1.82) is 0 Å². The first-order valence-corrected chi connectivity index (χ1v) is 7.78. The number of nitrogens with one attached hydrogen (secondary N) is 1. The first kappa shape index (κ1) is 18.3. The molecular formula is C19H21NO5. The van der Waals surface area contributed by atoms with Gasteiger partial charge in [-0.05, 0) is 30.7 Å². The Balaban J connectivity index is 1.90. The number of benzene rings is 2. The van der Waals surface area contributed by atoms with Crippen molar-refractivity contribution >= 4 is 11.9 Å². The second kappa shape index (κ2) is 8.73. The summed E-state index contributed by atoms with van der Waals surface area (Å²) in [5.74, 6) is -0.0544. The van der Waals surface area contributed by atoms with Gasteiger partial charge in [-0.2, -0.15) is 0 Å². The summed E-state index contributed by atoms with van der Waals surface area (Å²) in [6, 6.07) is 14.0. The Hall–Kier alpha value is -3.02. The average Bonchev–Trinajstić information content (AvgIpc) is 2.66. The summed E-state index contributed by atoms with van der Waals surface area (Å²) in [5, 5.41) is 2.78. The highest BCUT2D eigenvalue weighted by atomic mass is 16.5. The third-order valence-corrected chi connectivity index (χ3v) is 3.63. The van der Waals surface area contributed by atoms with Gasteiger partial charge in [-0.1, -0.05) is 30.3 Å². The van der Waals surface area contributed by atoms with Gasteiger partial charge in [0, 0.05) is 0 Å². The second-order valence-electron chi connectivity index (χ2n) is 5.35. The van der Waals surface area contributed by atoms with E-state index >= 15 is 0 Å². The van der Waals surface area contributed by atoms with Crippen LogP contribution in [0.4, 0.5) is 0 Å². The standard InChI is InChI=1S/C19H21NO5/c1-13(14-7-5-4-6-8-14)20-18(21)12-25-19(22)15-9-10-16(23-2)17(11-15)24-3/h4-11,13H,12H2,1-3H3,(H,20,21). The van der Waals surface area contributed by atoms with E-state index in [0.717, 1.165) is 5.56 Å². The van der Waals surface area contributed by atoms with Crippen LogP contribution in [0.2, 0.25) is 0 Å². The molecule has 2 aromatic rings. The zero-order chi connectivity index (χ0) is 18.2. The zero-order valence-corrected chi connectivity index (χ0v) is 14.4. The maximum absolute atomic E-state index is 12.1. The fourth-order valence-electron chi connectivity index (χ4n) is 2.29. The van der Waals surface area contributed by atoms with Crippen LogP contribution in [0.3, 0.4) is 0 Å². The van der Waals surface area contributed by atoms with Gasteiger partial charge < -0.3 is 19.5 Å². The van der Waals surface area contributed by atoms with Crippen LogP contribution in [0.15, 0.2) is 48.5 Å². The number of amides is 1. The van der Waals surface area contributed by atoms with Gasteiger partial charge in [-0.25, -0.2) is 4.79 Å². The van der Waals surface area contributed by atoms with Crippen molar-refractivity contribution in [2.45, 2.75) is 13.0 Å². The Morgan fingerprint density at radius 1 is 1.00 bits per heavy atom. The lowest BCUT2D eigenvalue weighted by atomic mass is 10.1. The molecule has 0 aliphatic rings. The summed E-state index contributed by atoms with van der Waals surface area (Å²) in [5.41, 5.74) is 1.25. The highest BCUT2D eigenvalue weighted by Crippen LogP contribution is 2.27. The number of rotatable bonds is 7. The minimum Gasteiger partial charge on any atom is -0.493 e. The Morgan fingerprint density at radius 3 is 2.32 bits per heavy atom. The van der Waals surface area contributed by atoms with Crippen LogP contribution in [0.25, 0.3) is 0 Å². The summed E-state index contributed by atoms with van der Waals surface area (Å²) >= 11 is 0. The molecule has 132 valence electrons. The zero-order valence-electron chi connectivity index (χ0n) is 14.4. The van der Waals surface area contributed by atoms with Gasteiger partial charge in [-0.15, -0.1) is 0 Å². The maximum atomic E-state index is 12.1. The van der Waals surface area contributed by atoms with Gasteiger partial charge in [0.2, 0.25) is 0 Å². The monoisotopic (exact) mass is 343 g/mol. The van der Waals surface area contributed by atoms with Crippen molar-refractivity contribution in [2.24, 2.45) is 0 Å². The van der Waals surface area contributed by atoms with Gasteiger partial charge in [-0.3, -0.25) is 4.79 Å². The van der Waals surface area contributed by atoms with Crippen molar-refractivity contribution in [3.8, 4) is 11.5 Å². The third-order valence-electron chi connectivity index (χ3n) is 3.63. The molecule has 0 radical (unpaired) electrons. The molecule has 0 bridgehead atoms. The van der Waals surface area contributed by atoms with Crippen LogP contribution in [-0.2, 0) is 9.53 Å². The third kappa shape index (κ3) is 4.97. The number of hydrogen-bond acceptors (Lipinski definition) is 5. The number of carbonyl (C=O) groups excluding carboxylic acids is 2. The number of ether oxygens (including phenoxy) is 3. The lowest BCUT2D eigenvalue weighted by Crippen LogP contribution is -2.31. The van der Waals surface area contributed by atoms with E-state index in [0.29, 0.717) is 11.5 Å². The van der Waals surface area contributed by atoms with E-state index in [9.17, 15) is 9.59 Å². The number of esters is 1. The topological polar surface area (TPSA) is 73.9 Å².